The first-order valence-electron chi connectivity index (χ1n) is 9.21. The van der Waals surface area contributed by atoms with Gasteiger partial charge in [-0.3, -0.25) is 18.1 Å². The summed E-state index contributed by atoms with van der Waals surface area (Å²) in [6.45, 7) is 7.88. The van der Waals surface area contributed by atoms with E-state index in [0.717, 1.165) is 0 Å². The molecule has 12 heteroatoms. The molecule has 0 amide bonds. The van der Waals surface area contributed by atoms with Crippen LogP contribution in [0.3, 0.4) is 0 Å². The van der Waals surface area contributed by atoms with Gasteiger partial charge in [-0.25, -0.2) is 9.55 Å². The number of hydrogen-bond acceptors (Lipinski definition) is 10. The van der Waals surface area contributed by atoms with Crippen molar-refractivity contribution in [3.8, 4) is 5.88 Å². The number of phosphoric acid groups is 1. The van der Waals surface area contributed by atoms with Crippen LogP contribution in [0.25, 0.3) is 11.2 Å². The molecule has 0 aromatic carbocycles. The van der Waals surface area contributed by atoms with Crippen molar-refractivity contribution in [1.82, 2.24) is 19.5 Å². The van der Waals surface area contributed by atoms with Crippen LogP contribution in [-0.4, -0.2) is 51.0 Å². The Morgan fingerprint density at radius 3 is 2.93 bits per heavy atom. The second-order valence-corrected chi connectivity index (χ2v) is 8.61. The molecule has 2 aliphatic rings. The van der Waals surface area contributed by atoms with Gasteiger partial charge in [-0.05, 0) is 20.8 Å². The topological polar surface area (TPSA) is 133 Å². The van der Waals surface area contributed by atoms with Gasteiger partial charge >= 0.3 is 7.82 Å². The lowest BCUT2D eigenvalue weighted by molar-refractivity contribution is -0.0733. The summed E-state index contributed by atoms with van der Waals surface area (Å²) in [6, 6.07) is 0. The summed E-state index contributed by atoms with van der Waals surface area (Å²) in [4.78, 5) is 12.8. The van der Waals surface area contributed by atoms with Gasteiger partial charge in [-0.15, -0.1) is 0 Å². The number of phosphoric ester groups is 1. The van der Waals surface area contributed by atoms with E-state index in [2.05, 4.69) is 15.0 Å². The summed E-state index contributed by atoms with van der Waals surface area (Å²) in [5.41, 5.74) is 6.82. The molecule has 2 N–H and O–H groups in total. The number of fused-ring (bicyclic) bond motifs is 2. The first-order valence-corrected chi connectivity index (χ1v) is 10.7. The molecule has 2 saturated heterocycles. The number of ether oxygens (including phenoxy) is 2. The van der Waals surface area contributed by atoms with Crippen molar-refractivity contribution >= 4 is 24.9 Å². The molecule has 11 nitrogen and oxygen atoms in total. The van der Waals surface area contributed by atoms with Crippen molar-refractivity contribution < 1.29 is 27.6 Å². The molecule has 5 atom stereocenters. The molecule has 2 aliphatic heterocycles. The summed E-state index contributed by atoms with van der Waals surface area (Å²) in [6.07, 6.45) is 0.0143. The van der Waals surface area contributed by atoms with E-state index in [-0.39, 0.29) is 30.7 Å². The molecule has 2 fully saturated rings. The third kappa shape index (κ3) is 3.37. The molecule has 2 aromatic rings. The lowest BCUT2D eigenvalue weighted by Gasteiger charge is -2.32. The second-order valence-electron chi connectivity index (χ2n) is 7.04. The van der Waals surface area contributed by atoms with E-state index in [4.69, 9.17) is 28.8 Å². The van der Waals surface area contributed by atoms with Gasteiger partial charge < -0.3 is 15.2 Å². The lowest BCUT2D eigenvalue weighted by Crippen LogP contribution is -2.36. The minimum atomic E-state index is -3.62. The highest BCUT2D eigenvalue weighted by atomic mass is 31.2. The van der Waals surface area contributed by atoms with E-state index >= 15 is 0 Å². The van der Waals surface area contributed by atoms with Crippen molar-refractivity contribution in [3.05, 3.63) is 6.33 Å². The van der Waals surface area contributed by atoms with Crippen LogP contribution in [0.2, 0.25) is 0 Å². The van der Waals surface area contributed by atoms with E-state index in [1.807, 2.05) is 13.8 Å². The number of aromatic nitrogens is 4. The van der Waals surface area contributed by atoms with Crippen molar-refractivity contribution in [3.63, 3.8) is 0 Å². The van der Waals surface area contributed by atoms with E-state index in [9.17, 15) is 4.57 Å². The van der Waals surface area contributed by atoms with Crippen molar-refractivity contribution in [2.45, 2.75) is 52.2 Å². The average molecular weight is 413 g/mol. The molecular formula is C16H24N5O6P. The fourth-order valence-electron chi connectivity index (χ4n) is 3.49. The van der Waals surface area contributed by atoms with Crippen LogP contribution in [0, 0.1) is 5.92 Å². The minimum absolute atomic E-state index is 0.0789. The summed E-state index contributed by atoms with van der Waals surface area (Å²) in [5.74, 6) is 0.235. The number of rotatable bonds is 5. The highest BCUT2D eigenvalue weighted by molar-refractivity contribution is 7.48. The maximum atomic E-state index is 12.7. The molecule has 0 radical (unpaired) electrons. The van der Waals surface area contributed by atoms with Crippen LogP contribution in [0.15, 0.2) is 6.33 Å². The Morgan fingerprint density at radius 2 is 2.21 bits per heavy atom. The van der Waals surface area contributed by atoms with Gasteiger partial charge in [0, 0.05) is 5.92 Å². The van der Waals surface area contributed by atoms with Crippen LogP contribution in [-0.2, 0) is 22.9 Å². The number of nitrogens with zero attached hydrogens (tertiary/aromatic N) is 4. The summed E-state index contributed by atoms with van der Waals surface area (Å²) in [5, 5.41) is 0. The molecule has 0 aliphatic carbocycles. The monoisotopic (exact) mass is 413 g/mol. The number of anilines is 1. The predicted octanol–water partition coefficient (Wildman–Crippen LogP) is 2.29. The van der Waals surface area contributed by atoms with Crippen molar-refractivity contribution in [2.75, 3.05) is 18.9 Å². The zero-order chi connectivity index (χ0) is 20.1. The third-order valence-electron chi connectivity index (χ3n) is 4.60. The number of nitrogen functional groups attached to an aromatic ring is 1. The molecule has 28 heavy (non-hydrogen) atoms. The third-order valence-corrected chi connectivity index (χ3v) is 6.25. The highest BCUT2D eigenvalue weighted by Gasteiger charge is 2.52. The Balaban J connectivity index is 1.64. The summed E-state index contributed by atoms with van der Waals surface area (Å²) < 4.78 is 42.5. The van der Waals surface area contributed by atoms with Crippen molar-refractivity contribution in [2.24, 2.45) is 5.92 Å². The first kappa shape index (κ1) is 19.5. The van der Waals surface area contributed by atoms with E-state index in [1.165, 1.54) is 0 Å². The first-order chi connectivity index (χ1) is 13.3. The number of imidazole rings is 1. The largest absolute Gasteiger partial charge is 0.476 e. The van der Waals surface area contributed by atoms with Gasteiger partial charge in [0.05, 0.1) is 25.6 Å². The highest BCUT2D eigenvalue weighted by Crippen LogP contribution is 2.58. The second kappa shape index (κ2) is 7.23. The van der Waals surface area contributed by atoms with Gasteiger partial charge in [0.15, 0.2) is 11.2 Å². The Morgan fingerprint density at radius 1 is 1.43 bits per heavy atom. The SMILES string of the molecule is CCOc1nc(N)nc2c1ncn2[C@@H]1O[C@@H]2CO[P@](=O)(OC(C)C)O[C@H]2[C@@H]1C. The van der Waals surface area contributed by atoms with Crippen molar-refractivity contribution in [1.29, 1.82) is 0 Å². The molecule has 0 bridgehead atoms. The molecule has 0 spiro atoms. The molecule has 4 heterocycles. The van der Waals surface area contributed by atoms with E-state index < -0.39 is 20.2 Å². The maximum absolute atomic E-state index is 12.7. The van der Waals surface area contributed by atoms with Crippen LogP contribution in [0.1, 0.15) is 33.9 Å². The number of hydrogen-bond donors (Lipinski definition) is 1. The van der Waals surface area contributed by atoms with Gasteiger partial charge in [0.25, 0.3) is 0 Å². The predicted molar refractivity (Wildman–Crippen MR) is 98.6 cm³/mol. The van der Waals surface area contributed by atoms with Gasteiger partial charge in [-0.1, -0.05) is 6.92 Å². The fourth-order valence-corrected chi connectivity index (χ4v) is 5.13. The Hall–Kier alpha value is -1.78. The summed E-state index contributed by atoms with van der Waals surface area (Å²) >= 11 is 0. The summed E-state index contributed by atoms with van der Waals surface area (Å²) in [7, 11) is -3.62. The Kier molecular flexibility index (Phi) is 5.05. The zero-order valence-electron chi connectivity index (χ0n) is 16.1. The quantitative estimate of drug-likeness (QED) is 0.728. The Bertz CT molecular complexity index is 920. The maximum Gasteiger partial charge on any atom is 0.475 e. The normalized spacial score (nSPS) is 32.8. The molecule has 4 rings (SSSR count). The van der Waals surface area contributed by atoms with E-state index in [0.29, 0.717) is 23.7 Å². The zero-order valence-corrected chi connectivity index (χ0v) is 17.0. The van der Waals surface area contributed by atoms with Gasteiger partial charge in [0.1, 0.15) is 18.4 Å². The smallest absolute Gasteiger partial charge is 0.475 e. The van der Waals surface area contributed by atoms with Crippen LogP contribution in [0.4, 0.5) is 5.95 Å². The van der Waals surface area contributed by atoms with Gasteiger partial charge in [0.2, 0.25) is 11.8 Å². The van der Waals surface area contributed by atoms with Gasteiger partial charge in [-0.2, -0.15) is 9.97 Å². The average Bonchev–Trinajstić information content (AvgIpc) is 3.16. The van der Waals surface area contributed by atoms with E-state index in [1.54, 1.807) is 24.7 Å². The van der Waals surface area contributed by atoms with Crippen LogP contribution in [0.5, 0.6) is 5.88 Å². The minimum Gasteiger partial charge on any atom is -0.476 e. The molecule has 2 aromatic heterocycles. The number of nitrogens with two attached hydrogens (primary N) is 1. The molecular weight excluding hydrogens is 389 g/mol. The standard InChI is InChI=1S/C16H24N5O6P/c1-5-23-14-11-13(19-16(17)20-14)21(7-18-11)15-9(4)12-10(25-15)6-24-28(22,27-12)26-8(2)3/h7-10,12,15H,5-6H2,1-4H3,(H2,17,19,20)/t9-,10+,12-,15+,28+/m0/s1. The van der Waals surface area contributed by atoms with Crippen LogP contribution < -0.4 is 10.5 Å². The van der Waals surface area contributed by atoms with Crippen LogP contribution >= 0.6 is 7.82 Å². The lowest BCUT2D eigenvalue weighted by atomic mass is 10.0. The Labute approximate surface area is 162 Å². The fraction of sp³-hybridized carbons (Fsp3) is 0.688. The molecule has 154 valence electrons. The molecule has 0 saturated carbocycles. The molecule has 0 unspecified atom stereocenters.